The Morgan fingerprint density at radius 1 is 0.250 bits per heavy atom. The maximum absolute atomic E-state index is 2.45. The van der Waals surface area contributed by atoms with Gasteiger partial charge >= 0.3 is 0 Å². The van der Waals surface area contributed by atoms with Crippen LogP contribution in [-0.4, -0.2) is 0 Å². The molecule has 0 nitrogen and oxygen atoms in total. The van der Waals surface area contributed by atoms with E-state index in [-0.39, 0.29) is 0 Å². The fourth-order valence-corrected chi connectivity index (χ4v) is 11.4. The molecule has 0 amide bonds. The van der Waals surface area contributed by atoms with Crippen molar-refractivity contribution in [1.82, 2.24) is 0 Å². The molecular weight excluding hydrogens is 665 g/mol. The third kappa shape index (κ3) is 3.91. The number of rotatable bonds is 2. The van der Waals surface area contributed by atoms with Crippen LogP contribution in [0.25, 0.3) is 116 Å². The molecule has 2 heterocycles. The first-order chi connectivity index (χ1) is 25.8. The average Bonchev–Trinajstić information content (AvgIpc) is 3.79. The zero-order valence-electron chi connectivity index (χ0n) is 28.0. The zero-order valence-corrected chi connectivity index (χ0v) is 29.6. The molecule has 240 valence electrons. The summed E-state index contributed by atoms with van der Waals surface area (Å²) in [6.07, 6.45) is 0. The van der Waals surface area contributed by atoms with E-state index >= 15 is 0 Å². The lowest BCUT2D eigenvalue weighted by molar-refractivity contribution is 1.72. The Labute approximate surface area is 307 Å². The summed E-state index contributed by atoms with van der Waals surface area (Å²) in [5.41, 5.74) is 5.13. The maximum atomic E-state index is 2.45. The van der Waals surface area contributed by atoms with Crippen LogP contribution in [-0.2, 0) is 0 Å². The fourth-order valence-electron chi connectivity index (χ4n) is 8.96. The van der Waals surface area contributed by atoms with Gasteiger partial charge in [0.25, 0.3) is 0 Å². The number of fused-ring (bicyclic) bond motifs is 17. The third-order valence-corrected chi connectivity index (χ3v) is 13.7. The van der Waals surface area contributed by atoms with E-state index in [9.17, 15) is 0 Å². The van der Waals surface area contributed by atoms with Gasteiger partial charge in [0.15, 0.2) is 0 Å². The summed E-state index contributed by atoms with van der Waals surface area (Å²) in [7, 11) is 0. The van der Waals surface area contributed by atoms with Crippen LogP contribution in [0.4, 0.5) is 0 Å². The molecule has 0 aliphatic carbocycles. The highest BCUT2D eigenvalue weighted by Gasteiger charge is 2.19. The first kappa shape index (κ1) is 28.6. The van der Waals surface area contributed by atoms with Crippen LogP contribution in [0.5, 0.6) is 0 Å². The van der Waals surface area contributed by atoms with Crippen molar-refractivity contribution in [3.63, 3.8) is 0 Å². The SMILES string of the molecule is c1ccc2c(c1)sc1c(-c3ccc4c(c3)c3ccccc3c3c5ccc(-c6cccc7c6sc6ccccc67)cc5c5ccccc5c43)cccc12. The molecule has 12 rings (SSSR count). The second kappa shape index (κ2) is 10.7. The van der Waals surface area contributed by atoms with Crippen LogP contribution in [0.2, 0.25) is 0 Å². The van der Waals surface area contributed by atoms with Crippen LogP contribution < -0.4 is 0 Å². The Kier molecular flexibility index (Phi) is 5.90. The van der Waals surface area contributed by atoms with E-state index in [2.05, 4.69) is 170 Å². The van der Waals surface area contributed by atoms with Crippen LogP contribution in [0.15, 0.2) is 170 Å². The summed E-state index contributed by atoms with van der Waals surface area (Å²) < 4.78 is 5.38. The van der Waals surface area contributed by atoms with E-state index < -0.39 is 0 Å². The second-order valence-corrected chi connectivity index (χ2v) is 16.0. The molecule has 0 fully saturated rings. The number of benzene rings is 10. The number of thiophene rings is 2. The van der Waals surface area contributed by atoms with Crippen molar-refractivity contribution < 1.29 is 0 Å². The van der Waals surface area contributed by atoms with Crippen molar-refractivity contribution in [2.75, 3.05) is 0 Å². The first-order valence-corrected chi connectivity index (χ1v) is 19.5. The third-order valence-electron chi connectivity index (χ3n) is 11.2. The largest absolute Gasteiger partial charge is 0.135 e. The zero-order chi connectivity index (χ0) is 33.9. The van der Waals surface area contributed by atoms with E-state index in [1.54, 1.807) is 0 Å². The minimum Gasteiger partial charge on any atom is -0.135 e. The van der Waals surface area contributed by atoms with Gasteiger partial charge in [0, 0.05) is 40.3 Å². The Bertz CT molecular complexity index is 3240. The van der Waals surface area contributed by atoms with Gasteiger partial charge in [0.05, 0.1) is 0 Å². The lowest BCUT2D eigenvalue weighted by Crippen LogP contribution is -1.90. The van der Waals surface area contributed by atoms with Gasteiger partial charge in [-0.3, -0.25) is 0 Å². The lowest BCUT2D eigenvalue weighted by atomic mass is 9.85. The van der Waals surface area contributed by atoms with Crippen LogP contribution in [0.1, 0.15) is 0 Å². The predicted molar refractivity (Wildman–Crippen MR) is 231 cm³/mol. The average molecular weight is 693 g/mol. The first-order valence-electron chi connectivity index (χ1n) is 17.8. The van der Waals surface area contributed by atoms with Crippen molar-refractivity contribution >= 4 is 117 Å². The Morgan fingerprint density at radius 2 is 0.615 bits per heavy atom. The van der Waals surface area contributed by atoms with Crippen molar-refractivity contribution in [1.29, 1.82) is 0 Å². The number of hydrogen-bond donors (Lipinski definition) is 0. The molecule has 0 N–H and O–H groups in total. The summed E-state index contributed by atoms with van der Waals surface area (Å²) in [4.78, 5) is 0. The molecule has 0 aliphatic heterocycles. The van der Waals surface area contributed by atoms with E-state index in [0.29, 0.717) is 0 Å². The van der Waals surface area contributed by atoms with Crippen molar-refractivity contribution in [2.45, 2.75) is 0 Å². The summed E-state index contributed by atoms with van der Waals surface area (Å²) in [5.74, 6) is 0. The summed E-state index contributed by atoms with van der Waals surface area (Å²) >= 11 is 3.80. The summed E-state index contributed by atoms with van der Waals surface area (Å²) in [6.45, 7) is 0. The highest BCUT2D eigenvalue weighted by molar-refractivity contribution is 7.26. The highest BCUT2D eigenvalue weighted by Crippen LogP contribution is 2.47. The fraction of sp³-hybridized carbons (Fsp3) is 0. The summed E-state index contributed by atoms with van der Waals surface area (Å²) in [5, 5.41) is 18.4. The number of hydrogen-bond acceptors (Lipinski definition) is 2. The van der Waals surface area contributed by atoms with Gasteiger partial charge in [0.1, 0.15) is 0 Å². The molecule has 2 heteroatoms. The Balaban J connectivity index is 1.16. The molecular formula is C50H28S2. The molecule has 0 aliphatic rings. The maximum Gasteiger partial charge on any atom is 0.0433 e. The monoisotopic (exact) mass is 692 g/mol. The van der Waals surface area contributed by atoms with Gasteiger partial charge in [-0.05, 0) is 100 Å². The lowest BCUT2D eigenvalue weighted by Gasteiger charge is -2.18. The van der Waals surface area contributed by atoms with Crippen LogP contribution in [0.3, 0.4) is 0 Å². The van der Waals surface area contributed by atoms with E-state index in [1.165, 1.54) is 116 Å². The minimum atomic E-state index is 1.26. The smallest absolute Gasteiger partial charge is 0.0433 e. The van der Waals surface area contributed by atoms with E-state index in [1.807, 2.05) is 22.7 Å². The highest BCUT2D eigenvalue weighted by atomic mass is 32.1. The molecule has 10 aromatic carbocycles. The topological polar surface area (TPSA) is 0 Å². The molecule has 0 unspecified atom stereocenters. The molecule has 0 radical (unpaired) electrons. The van der Waals surface area contributed by atoms with Crippen molar-refractivity contribution in [3.05, 3.63) is 170 Å². The van der Waals surface area contributed by atoms with Gasteiger partial charge in [-0.2, -0.15) is 0 Å². The van der Waals surface area contributed by atoms with Gasteiger partial charge in [-0.1, -0.05) is 146 Å². The van der Waals surface area contributed by atoms with E-state index in [4.69, 9.17) is 0 Å². The van der Waals surface area contributed by atoms with Crippen molar-refractivity contribution in [2.24, 2.45) is 0 Å². The summed E-state index contributed by atoms with van der Waals surface area (Å²) in [6, 6.07) is 63.6. The molecule has 0 saturated carbocycles. The molecule has 0 spiro atoms. The van der Waals surface area contributed by atoms with Gasteiger partial charge in [-0.15, -0.1) is 22.7 Å². The molecule has 52 heavy (non-hydrogen) atoms. The quantitative estimate of drug-likeness (QED) is 0.158. The molecule has 0 bridgehead atoms. The predicted octanol–water partition coefficient (Wildman–Crippen LogP) is 15.5. The molecule has 2 aromatic heterocycles. The van der Waals surface area contributed by atoms with Crippen LogP contribution in [0, 0.1) is 0 Å². The van der Waals surface area contributed by atoms with Crippen molar-refractivity contribution in [3.8, 4) is 22.3 Å². The van der Waals surface area contributed by atoms with Gasteiger partial charge in [0.2, 0.25) is 0 Å². The molecule has 0 saturated heterocycles. The minimum absolute atomic E-state index is 1.26. The van der Waals surface area contributed by atoms with Gasteiger partial charge in [-0.25, -0.2) is 0 Å². The Hall–Kier alpha value is -6.06. The van der Waals surface area contributed by atoms with Crippen LogP contribution >= 0.6 is 22.7 Å². The Morgan fingerprint density at radius 3 is 1.08 bits per heavy atom. The van der Waals surface area contributed by atoms with Gasteiger partial charge < -0.3 is 0 Å². The standard InChI is InChI=1S/C50H28S2/c1-3-15-37-33(11-1)43-27-29(31-17-9-19-41-35-13-5-7-21-45(35)51-49(31)41)23-25-39(43)48-38-16-4-2-12-34(38)44-28-30(24-26-40(44)47(37)48)32-18-10-20-42-36-14-6-8-22-46(36)52-50(32)42/h1-28H. The van der Waals surface area contributed by atoms with E-state index in [0.717, 1.165) is 0 Å². The normalized spacial score (nSPS) is 12.2. The second-order valence-electron chi connectivity index (χ2n) is 13.9. The molecule has 0 atom stereocenters. The molecule has 12 aromatic rings.